The van der Waals surface area contributed by atoms with Crippen LogP contribution in [0.15, 0.2) is 65.4 Å². The van der Waals surface area contributed by atoms with Crippen molar-refractivity contribution in [1.82, 2.24) is 0 Å². The number of Topliss-reactive ketones (excluding diaryl/α,β-unsaturated/α-hetero) is 1. The number of aliphatic hydroxyl groups excluding tert-OH is 1. The number of fused-ring (bicyclic) bond motifs is 1. The van der Waals surface area contributed by atoms with Gasteiger partial charge in [0, 0.05) is 21.7 Å². The molecule has 1 aliphatic heterocycles. The molecule has 0 spiro atoms. The molecule has 0 fully saturated rings. The highest BCUT2D eigenvalue weighted by atomic mass is 35.5. The molecule has 0 aromatic heterocycles. The summed E-state index contributed by atoms with van der Waals surface area (Å²) in [6.45, 7) is 0.145. The van der Waals surface area contributed by atoms with Crippen LogP contribution in [0.5, 0.6) is 0 Å². The van der Waals surface area contributed by atoms with Crippen LogP contribution >= 0.6 is 11.6 Å². The second-order valence-corrected chi connectivity index (χ2v) is 5.14. The van der Waals surface area contributed by atoms with Crippen molar-refractivity contribution in [3.63, 3.8) is 0 Å². The van der Waals surface area contributed by atoms with Crippen LogP contribution in [0.2, 0.25) is 5.02 Å². The van der Waals surface area contributed by atoms with Gasteiger partial charge in [-0.1, -0.05) is 41.9 Å². The molecule has 0 unspecified atom stereocenters. The zero-order valence-electron chi connectivity index (χ0n) is 11.1. The highest BCUT2D eigenvalue weighted by Crippen LogP contribution is 2.25. The van der Waals surface area contributed by atoms with Crippen LogP contribution in [0.25, 0.3) is 0 Å². The van der Waals surface area contributed by atoms with Crippen LogP contribution in [0, 0.1) is 0 Å². The van der Waals surface area contributed by atoms with Gasteiger partial charge in [0.25, 0.3) is 0 Å². The van der Waals surface area contributed by atoms with Crippen LogP contribution in [0.4, 0.5) is 0 Å². The summed E-state index contributed by atoms with van der Waals surface area (Å²) in [5.41, 5.74) is 3.08. The molecule has 1 N–H and O–H groups in total. The first kappa shape index (κ1) is 13.6. The molecule has 3 nitrogen and oxygen atoms in total. The summed E-state index contributed by atoms with van der Waals surface area (Å²) in [5.74, 6) is -0.223. The van der Waals surface area contributed by atoms with Crippen LogP contribution in [-0.4, -0.2) is 23.1 Å². The second-order valence-electron chi connectivity index (χ2n) is 4.70. The van der Waals surface area contributed by atoms with Crippen molar-refractivity contribution in [2.45, 2.75) is 0 Å². The van der Waals surface area contributed by atoms with Gasteiger partial charge in [0.05, 0.1) is 24.1 Å². The van der Waals surface area contributed by atoms with Crippen LogP contribution in [0.3, 0.4) is 0 Å². The molecular weight excluding hydrogens is 286 g/mol. The molecule has 3 rings (SSSR count). The van der Waals surface area contributed by atoms with E-state index in [-0.39, 0.29) is 17.9 Å². The zero-order chi connectivity index (χ0) is 14.8. The highest BCUT2D eigenvalue weighted by Gasteiger charge is 2.23. The Kier molecular flexibility index (Phi) is 3.59. The van der Waals surface area contributed by atoms with Gasteiger partial charge >= 0.3 is 0 Å². The van der Waals surface area contributed by atoms with Gasteiger partial charge in [-0.15, -0.1) is 0 Å². The summed E-state index contributed by atoms with van der Waals surface area (Å²) in [6, 6.07) is 14.7. The number of benzene rings is 2. The quantitative estimate of drug-likeness (QED) is 0.642. The van der Waals surface area contributed by atoms with Crippen molar-refractivity contribution < 1.29 is 9.90 Å². The third-order valence-corrected chi connectivity index (χ3v) is 3.62. The summed E-state index contributed by atoms with van der Waals surface area (Å²) in [5, 5.41) is 9.79. The van der Waals surface area contributed by atoms with E-state index >= 15 is 0 Å². The molecule has 104 valence electrons. The third-order valence-electron chi connectivity index (χ3n) is 3.38. The van der Waals surface area contributed by atoms with Crippen molar-refractivity contribution in [3.8, 4) is 0 Å². The molecule has 0 saturated carbocycles. The van der Waals surface area contributed by atoms with Crippen LogP contribution in [-0.2, 0) is 0 Å². The van der Waals surface area contributed by atoms with Gasteiger partial charge < -0.3 is 5.11 Å². The largest absolute Gasteiger partial charge is 0.515 e. The number of ketones is 1. The molecule has 1 aliphatic rings. The average Bonchev–Trinajstić information content (AvgIpc) is 2.65. The Morgan fingerprint density at radius 2 is 1.86 bits per heavy atom. The van der Waals surface area contributed by atoms with Crippen molar-refractivity contribution in [3.05, 3.63) is 82.1 Å². The fourth-order valence-electron chi connectivity index (χ4n) is 2.35. The molecule has 1 heterocycles. The number of hydrogen-bond donors (Lipinski definition) is 1. The van der Waals surface area contributed by atoms with E-state index < -0.39 is 0 Å². The van der Waals surface area contributed by atoms with Crippen molar-refractivity contribution in [2.24, 2.45) is 4.99 Å². The van der Waals surface area contributed by atoms with Gasteiger partial charge in [-0.05, 0) is 18.2 Å². The van der Waals surface area contributed by atoms with E-state index in [1.807, 2.05) is 30.3 Å². The number of carbonyl (C=O) groups is 1. The molecule has 4 heteroatoms. The van der Waals surface area contributed by atoms with Gasteiger partial charge in [-0.25, -0.2) is 0 Å². The Hall–Kier alpha value is -2.39. The minimum Gasteiger partial charge on any atom is -0.515 e. The summed E-state index contributed by atoms with van der Waals surface area (Å²) in [4.78, 5) is 16.9. The van der Waals surface area contributed by atoms with E-state index in [0.29, 0.717) is 21.9 Å². The maximum absolute atomic E-state index is 12.4. The third kappa shape index (κ3) is 2.48. The molecule has 0 amide bonds. The normalized spacial score (nSPS) is 16.3. The lowest BCUT2D eigenvalue weighted by molar-refractivity contribution is 0.103. The molecular formula is C17H12ClNO2. The van der Waals surface area contributed by atoms with Crippen molar-refractivity contribution in [1.29, 1.82) is 0 Å². The van der Waals surface area contributed by atoms with Gasteiger partial charge in [0.1, 0.15) is 0 Å². The standard InChI is InChI=1S/C17H12ClNO2/c18-13-6-7-14-15(8-13)16(11-4-2-1-3-5-11)19-9-12(10-20)17(14)21/h1-8,10,20H,9H2. The van der Waals surface area contributed by atoms with Gasteiger partial charge in [-0.2, -0.15) is 0 Å². The lowest BCUT2D eigenvalue weighted by atomic mass is 9.94. The zero-order valence-corrected chi connectivity index (χ0v) is 11.8. The van der Waals surface area contributed by atoms with Crippen LogP contribution < -0.4 is 0 Å². The Bertz CT molecular complexity index is 764. The number of hydrogen-bond acceptors (Lipinski definition) is 3. The predicted octanol–water partition coefficient (Wildman–Crippen LogP) is 3.82. The average molecular weight is 298 g/mol. The molecule has 2 aromatic carbocycles. The van der Waals surface area contributed by atoms with Gasteiger partial charge in [0.15, 0.2) is 5.78 Å². The lowest BCUT2D eigenvalue weighted by Crippen LogP contribution is -2.09. The van der Waals surface area contributed by atoms with Crippen molar-refractivity contribution in [2.75, 3.05) is 6.54 Å². The predicted molar refractivity (Wildman–Crippen MR) is 83.4 cm³/mol. The molecule has 0 saturated heterocycles. The molecule has 2 aromatic rings. The van der Waals surface area contributed by atoms with E-state index in [0.717, 1.165) is 11.8 Å². The monoisotopic (exact) mass is 297 g/mol. The first-order valence-corrected chi connectivity index (χ1v) is 6.86. The highest BCUT2D eigenvalue weighted by molar-refractivity contribution is 6.32. The van der Waals surface area contributed by atoms with Gasteiger partial charge in [0.2, 0.25) is 0 Å². The number of nitrogens with zero attached hydrogens (tertiary/aromatic N) is 1. The first-order valence-electron chi connectivity index (χ1n) is 6.48. The molecule has 0 radical (unpaired) electrons. The molecule has 0 atom stereocenters. The second kappa shape index (κ2) is 5.54. The Labute approximate surface area is 127 Å². The number of aliphatic imine (C=N–C) groups is 1. The van der Waals surface area contributed by atoms with E-state index in [2.05, 4.69) is 4.99 Å². The maximum Gasteiger partial charge on any atom is 0.194 e. The first-order chi connectivity index (χ1) is 10.2. The number of carbonyl (C=O) groups excluding carboxylic acids is 1. The van der Waals surface area contributed by atoms with E-state index in [1.165, 1.54) is 0 Å². The van der Waals surface area contributed by atoms with Crippen molar-refractivity contribution >= 4 is 23.1 Å². The Morgan fingerprint density at radius 3 is 2.57 bits per heavy atom. The molecule has 0 bridgehead atoms. The van der Waals surface area contributed by atoms with Gasteiger partial charge in [-0.3, -0.25) is 9.79 Å². The Balaban J connectivity index is 2.26. The van der Waals surface area contributed by atoms with E-state index in [4.69, 9.17) is 11.6 Å². The maximum atomic E-state index is 12.4. The summed E-state index contributed by atoms with van der Waals surface area (Å²) in [6.07, 6.45) is 0.832. The summed E-state index contributed by atoms with van der Waals surface area (Å²) >= 11 is 6.07. The van der Waals surface area contributed by atoms with E-state index in [1.54, 1.807) is 18.2 Å². The molecule has 0 aliphatic carbocycles. The summed E-state index contributed by atoms with van der Waals surface area (Å²) in [7, 11) is 0. The lowest BCUT2D eigenvalue weighted by Gasteiger charge is -2.09. The fraction of sp³-hybridized carbons (Fsp3) is 0.0588. The van der Waals surface area contributed by atoms with E-state index in [9.17, 15) is 9.90 Å². The number of aliphatic hydroxyl groups is 1. The van der Waals surface area contributed by atoms with Crippen LogP contribution in [0.1, 0.15) is 21.5 Å². The summed E-state index contributed by atoms with van der Waals surface area (Å²) < 4.78 is 0. The number of halogens is 1. The Morgan fingerprint density at radius 1 is 1.10 bits per heavy atom. The fourth-order valence-corrected chi connectivity index (χ4v) is 2.52. The molecule has 21 heavy (non-hydrogen) atoms. The minimum atomic E-state index is -0.223. The SMILES string of the molecule is O=C1C(=CO)CN=C(c2ccccc2)c2cc(Cl)ccc21. The minimum absolute atomic E-state index is 0.145. The smallest absolute Gasteiger partial charge is 0.194 e. The number of rotatable bonds is 1. The topological polar surface area (TPSA) is 49.7 Å².